The van der Waals surface area contributed by atoms with Gasteiger partial charge in [-0.3, -0.25) is 4.79 Å². The third kappa shape index (κ3) is 4.98. The summed E-state index contributed by atoms with van der Waals surface area (Å²) in [6.07, 6.45) is 6.72. The quantitative estimate of drug-likeness (QED) is 0.559. The number of imidazole rings is 1. The average molecular weight is 410 g/mol. The number of rotatable bonds is 8. The van der Waals surface area contributed by atoms with Crippen LogP contribution in [0.25, 0.3) is 5.69 Å². The van der Waals surface area contributed by atoms with Gasteiger partial charge in [-0.2, -0.15) is 0 Å². The van der Waals surface area contributed by atoms with Gasteiger partial charge in [0.15, 0.2) is 0 Å². The van der Waals surface area contributed by atoms with Gasteiger partial charge in [-0.15, -0.1) is 6.58 Å². The maximum Gasteiger partial charge on any atom is 0.251 e. The summed E-state index contributed by atoms with van der Waals surface area (Å²) < 4.78 is 28.8. The number of aromatic nitrogens is 2. The summed E-state index contributed by atoms with van der Waals surface area (Å²) >= 11 is 0. The van der Waals surface area contributed by atoms with Gasteiger partial charge in [0.2, 0.25) is 10.0 Å². The number of sulfonamides is 1. The fourth-order valence-corrected chi connectivity index (χ4v) is 3.81. The monoisotopic (exact) mass is 410 g/mol. The van der Waals surface area contributed by atoms with Crippen molar-refractivity contribution in [3.63, 3.8) is 0 Å². The van der Waals surface area contributed by atoms with Crippen molar-refractivity contribution in [1.82, 2.24) is 19.6 Å². The topological polar surface area (TPSA) is 93.1 Å². The predicted octanol–water partition coefficient (Wildman–Crippen LogP) is 2.83. The van der Waals surface area contributed by atoms with Crippen molar-refractivity contribution < 1.29 is 13.2 Å². The van der Waals surface area contributed by atoms with Crippen LogP contribution in [-0.2, 0) is 10.0 Å². The summed E-state index contributed by atoms with van der Waals surface area (Å²) in [6.45, 7) is 5.48. The summed E-state index contributed by atoms with van der Waals surface area (Å²) in [5.41, 5.74) is 2.17. The van der Waals surface area contributed by atoms with Crippen LogP contribution < -0.4 is 10.0 Å². The van der Waals surface area contributed by atoms with Gasteiger partial charge in [0.25, 0.3) is 5.91 Å². The largest absolute Gasteiger partial charge is 0.346 e. The van der Waals surface area contributed by atoms with Crippen molar-refractivity contribution in [2.24, 2.45) is 0 Å². The Hall–Kier alpha value is -3.23. The second-order valence-electron chi connectivity index (χ2n) is 6.43. The first-order valence-electron chi connectivity index (χ1n) is 9.00. The fraction of sp³-hybridized carbons (Fsp3) is 0.143. The van der Waals surface area contributed by atoms with E-state index in [2.05, 4.69) is 21.6 Å². The Balaban J connectivity index is 1.71. The molecule has 1 amide bonds. The Morgan fingerprint density at radius 3 is 2.66 bits per heavy atom. The number of carbonyl (C=O) groups is 1. The van der Waals surface area contributed by atoms with E-state index < -0.39 is 10.0 Å². The van der Waals surface area contributed by atoms with E-state index in [0.717, 1.165) is 11.3 Å². The molecular formula is C21H22N4O3S. The molecule has 1 unspecified atom stereocenters. The second kappa shape index (κ2) is 8.85. The molecule has 0 bridgehead atoms. The molecule has 150 valence electrons. The van der Waals surface area contributed by atoms with Crippen molar-refractivity contribution in [3.8, 4) is 5.69 Å². The van der Waals surface area contributed by atoms with E-state index in [1.165, 1.54) is 18.2 Å². The van der Waals surface area contributed by atoms with Crippen LogP contribution in [0.4, 0.5) is 0 Å². The number of hydrogen-bond acceptors (Lipinski definition) is 4. The number of nitrogens with one attached hydrogen (secondary N) is 2. The van der Waals surface area contributed by atoms with E-state index in [1.807, 2.05) is 42.0 Å². The van der Waals surface area contributed by atoms with E-state index in [4.69, 9.17) is 0 Å². The fourth-order valence-electron chi connectivity index (χ4n) is 2.77. The molecular weight excluding hydrogens is 388 g/mol. The van der Waals surface area contributed by atoms with Crippen LogP contribution in [0.15, 0.2) is 84.8 Å². The number of carbonyl (C=O) groups excluding carboxylic acids is 1. The van der Waals surface area contributed by atoms with Gasteiger partial charge in [0.1, 0.15) is 0 Å². The number of nitrogens with zero attached hydrogens (tertiary/aromatic N) is 2. The van der Waals surface area contributed by atoms with Crippen molar-refractivity contribution in [2.45, 2.75) is 17.9 Å². The minimum Gasteiger partial charge on any atom is -0.346 e. The van der Waals surface area contributed by atoms with E-state index in [9.17, 15) is 13.2 Å². The molecule has 0 radical (unpaired) electrons. The van der Waals surface area contributed by atoms with Crippen LogP contribution in [0.3, 0.4) is 0 Å². The second-order valence-corrected chi connectivity index (χ2v) is 8.19. The molecule has 1 heterocycles. The van der Waals surface area contributed by atoms with Crippen LogP contribution in [-0.4, -0.2) is 30.4 Å². The molecule has 0 saturated heterocycles. The van der Waals surface area contributed by atoms with Crippen molar-refractivity contribution in [3.05, 3.63) is 91.0 Å². The summed E-state index contributed by atoms with van der Waals surface area (Å²) in [7, 11) is -3.69. The number of hydrogen-bond donors (Lipinski definition) is 2. The molecule has 0 aliphatic rings. The Bertz CT molecular complexity index is 1090. The summed E-state index contributed by atoms with van der Waals surface area (Å²) in [4.78, 5) is 16.7. The Morgan fingerprint density at radius 1 is 1.24 bits per heavy atom. The molecule has 0 saturated carbocycles. The highest BCUT2D eigenvalue weighted by Gasteiger charge is 2.17. The molecule has 0 fully saturated rings. The van der Waals surface area contributed by atoms with Crippen molar-refractivity contribution in [1.29, 1.82) is 0 Å². The molecule has 2 N–H and O–H groups in total. The van der Waals surface area contributed by atoms with E-state index in [-0.39, 0.29) is 29.0 Å². The van der Waals surface area contributed by atoms with E-state index in [0.29, 0.717) is 0 Å². The van der Waals surface area contributed by atoms with Gasteiger partial charge < -0.3 is 9.88 Å². The van der Waals surface area contributed by atoms with Crippen LogP contribution >= 0.6 is 0 Å². The SMILES string of the molecule is C=CCNS(=O)(=O)c1cccc(C(=O)NC(C)c2ccc(-n3ccnc3)cc2)c1. The molecule has 0 spiro atoms. The molecule has 1 atom stereocenters. The first-order valence-corrected chi connectivity index (χ1v) is 10.5. The van der Waals surface area contributed by atoms with Gasteiger partial charge in [0, 0.05) is 30.2 Å². The van der Waals surface area contributed by atoms with Crippen LogP contribution in [0.2, 0.25) is 0 Å². The summed E-state index contributed by atoms with van der Waals surface area (Å²) in [5, 5.41) is 2.90. The molecule has 1 aromatic heterocycles. The molecule has 29 heavy (non-hydrogen) atoms. The van der Waals surface area contributed by atoms with Crippen molar-refractivity contribution >= 4 is 15.9 Å². The Kier molecular flexibility index (Phi) is 6.26. The standard InChI is InChI=1S/C21H22N4O3S/c1-3-11-23-29(27,28)20-6-4-5-18(14-20)21(26)24-16(2)17-7-9-19(10-8-17)25-13-12-22-15-25/h3-10,12-16,23H,1,11H2,2H3,(H,24,26). The Morgan fingerprint density at radius 2 is 2.00 bits per heavy atom. The molecule has 0 aliphatic heterocycles. The smallest absolute Gasteiger partial charge is 0.251 e. The maximum atomic E-state index is 12.6. The van der Waals surface area contributed by atoms with Gasteiger partial charge in [-0.05, 0) is 42.8 Å². The molecule has 7 nitrogen and oxygen atoms in total. The van der Waals surface area contributed by atoms with E-state index in [1.54, 1.807) is 24.7 Å². The zero-order valence-corrected chi connectivity index (χ0v) is 16.8. The van der Waals surface area contributed by atoms with Gasteiger partial charge in [0.05, 0.1) is 17.3 Å². The highest BCUT2D eigenvalue weighted by molar-refractivity contribution is 7.89. The first-order chi connectivity index (χ1) is 13.9. The third-order valence-corrected chi connectivity index (χ3v) is 5.79. The van der Waals surface area contributed by atoms with E-state index >= 15 is 0 Å². The van der Waals surface area contributed by atoms with Crippen LogP contribution in [0.1, 0.15) is 28.9 Å². The van der Waals surface area contributed by atoms with Gasteiger partial charge in [-0.1, -0.05) is 24.3 Å². The number of benzene rings is 2. The molecule has 0 aliphatic carbocycles. The normalized spacial score (nSPS) is 12.3. The predicted molar refractivity (Wildman–Crippen MR) is 111 cm³/mol. The first kappa shape index (κ1) is 20.5. The van der Waals surface area contributed by atoms with Crippen LogP contribution in [0.5, 0.6) is 0 Å². The lowest BCUT2D eigenvalue weighted by atomic mass is 10.1. The zero-order chi connectivity index (χ0) is 20.9. The zero-order valence-electron chi connectivity index (χ0n) is 15.9. The Labute approximate surface area is 170 Å². The maximum absolute atomic E-state index is 12.6. The van der Waals surface area contributed by atoms with Gasteiger partial charge >= 0.3 is 0 Å². The lowest BCUT2D eigenvalue weighted by Gasteiger charge is -2.15. The molecule has 3 aromatic rings. The van der Waals surface area contributed by atoms with Gasteiger partial charge in [-0.25, -0.2) is 18.1 Å². The minimum absolute atomic E-state index is 0.0318. The lowest BCUT2D eigenvalue weighted by Crippen LogP contribution is -2.27. The van der Waals surface area contributed by atoms with Crippen molar-refractivity contribution in [2.75, 3.05) is 6.54 Å². The molecule has 8 heteroatoms. The molecule has 3 rings (SSSR count). The number of amides is 1. The highest BCUT2D eigenvalue weighted by atomic mass is 32.2. The highest BCUT2D eigenvalue weighted by Crippen LogP contribution is 2.17. The third-order valence-electron chi connectivity index (χ3n) is 4.37. The summed E-state index contributed by atoms with van der Waals surface area (Å²) in [5.74, 6) is -0.350. The van der Waals surface area contributed by atoms with Crippen LogP contribution in [0, 0.1) is 0 Å². The average Bonchev–Trinajstić information content (AvgIpc) is 3.27. The summed E-state index contributed by atoms with van der Waals surface area (Å²) in [6, 6.07) is 13.4. The molecule has 2 aromatic carbocycles. The lowest BCUT2D eigenvalue weighted by molar-refractivity contribution is 0.0939. The minimum atomic E-state index is -3.69.